The number of Topliss-reactive ketones (excluding diaryl/α,β-unsaturated/α-hetero) is 1. The van der Waals surface area contributed by atoms with Gasteiger partial charge in [0.05, 0.1) is 4.88 Å². The third kappa shape index (κ3) is 2.04. The molecule has 0 N–H and O–H groups in total. The summed E-state index contributed by atoms with van der Waals surface area (Å²) in [5, 5.41) is 1.76. The quantitative estimate of drug-likeness (QED) is 0.371. The summed E-state index contributed by atoms with van der Waals surface area (Å²) in [7, 11) is 0. The van der Waals surface area contributed by atoms with Crippen molar-refractivity contribution in [2.45, 2.75) is 6.92 Å². The van der Waals surface area contributed by atoms with Crippen molar-refractivity contribution in [2.75, 3.05) is 0 Å². The normalized spacial score (nSPS) is 8.42. The number of ketones is 1. The van der Waals surface area contributed by atoms with Gasteiger partial charge in [0.25, 0.3) is 0 Å². The van der Waals surface area contributed by atoms with Gasteiger partial charge in [-0.15, -0.1) is 11.3 Å². The molecular weight excluding hydrogens is 172 g/mol. The summed E-state index contributed by atoms with van der Waals surface area (Å²) in [6.07, 6.45) is 0.533. The van der Waals surface area contributed by atoms with Gasteiger partial charge in [-0.2, -0.15) is 0 Å². The van der Waals surface area contributed by atoms with Gasteiger partial charge in [-0.3, -0.25) is 9.59 Å². The van der Waals surface area contributed by atoms with E-state index in [2.05, 4.69) is 11.8 Å². The predicted octanol–water partition coefficient (Wildman–Crippen LogP) is 1.50. The first-order valence-electron chi connectivity index (χ1n) is 3.28. The van der Waals surface area contributed by atoms with E-state index in [-0.39, 0.29) is 5.78 Å². The van der Waals surface area contributed by atoms with Gasteiger partial charge in [-0.25, -0.2) is 0 Å². The monoisotopic (exact) mass is 178 g/mol. The smallest absolute Gasteiger partial charge is 0.193 e. The molecule has 0 spiro atoms. The number of carbonyl (C=O) groups excluding carboxylic acids is 2. The van der Waals surface area contributed by atoms with Crippen LogP contribution in [-0.2, 0) is 4.79 Å². The van der Waals surface area contributed by atoms with Gasteiger partial charge in [-0.1, -0.05) is 5.92 Å². The molecule has 0 aliphatic carbocycles. The Labute approximate surface area is 74.2 Å². The van der Waals surface area contributed by atoms with Gasteiger partial charge in [0, 0.05) is 10.9 Å². The minimum absolute atomic E-state index is 0.0270. The van der Waals surface area contributed by atoms with E-state index >= 15 is 0 Å². The van der Waals surface area contributed by atoms with E-state index in [1.54, 1.807) is 11.4 Å². The second kappa shape index (κ2) is 3.84. The van der Waals surface area contributed by atoms with Crippen LogP contribution in [0.4, 0.5) is 0 Å². The zero-order valence-electron chi connectivity index (χ0n) is 6.46. The van der Waals surface area contributed by atoms with Crippen LogP contribution < -0.4 is 0 Å². The second-order valence-electron chi connectivity index (χ2n) is 2.14. The molecule has 2 nitrogen and oxygen atoms in total. The van der Waals surface area contributed by atoms with E-state index < -0.39 is 0 Å². The Hall–Kier alpha value is -1.40. The summed E-state index contributed by atoms with van der Waals surface area (Å²) in [4.78, 5) is 21.4. The summed E-state index contributed by atoms with van der Waals surface area (Å²) < 4.78 is 0. The topological polar surface area (TPSA) is 34.1 Å². The zero-order chi connectivity index (χ0) is 8.97. The molecule has 0 bridgehead atoms. The zero-order valence-corrected chi connectivity index (χ0v) is 7.27. The Morgan fingerprint density at radius 1 is 1.67 bits per heavy atom. The second-order valence-corrected chi connectivity index (χ2v) is 3.05. The minimum Gasteiger partial charge on any atom is -0.294 e. The third-order valence-corrected chi connectivity index (χ3v) is 2.25. The number of aldehydes is 1. The van der Waals surface area contributed by atoms with Crippen LogP contribution in [0, 0.1) is 11.8 Å². The average Bonchev–Trinajstić information content (AvgIpc) is 2.48. The highest BCUT2D eigenvalue weighted by Gasteiger charge is 2.01. The van der Waals surface area contributed by atoms with Crippen LogP contribution in [0.15, 0.2) is 11.4 Å². The molecular formula is C9H6O2S. The fraction of sp³-hybridized carbons (Fsp3) is 0.111. The lowest BCUT2D eigenvalue weighted by atomic mass is 10.3. The number of rotatable bonds is 1. The molecule has 60 valence electrons. The number of hydrogen-bond acceptors (Lipinski definition) is 3. The largest absolute Gasteiger partial charge is 0.294 e. The van der Waals surface area contributed by atoms with E-state index in [1.165, 1.54) is 18.3 Å². The summed E-state index contributed by atoms with van der Waals surface area (Å²) in [6, 6.07) is 1.68. The molecule has 1 aromatic rings. The van der Waals surface area contributed by atoms with Gasteiger partial charge >= 0.3 is 0 Å². The molecule has 0 saturated heterocycles. The van der Waals surface area contributed by atoms with Crippen molar-refractivity contribution in [1.82, 2.24) is 0 Å². The van der Waals surface area contributed by atoms with Crippen LogP contribution in [0.3, 0.4) is 0 Å². The molecule has 0 amide bonds. The van der Waals surface area contributed by atoms with E-state index in [4.69, 9.17) is 0 Å². The van der Waals surface area contributed by atoms with Gasteiger partial charge in [0.1, 0.15) is 0 Å². The molecule has 12 heavy (non-hydrogen) atoms. The first kappa shape index (κ1) is 8.69. The maximum Gasteiger partial charge on any atom is 0.193 e. The van der Waals surface area contributed by atoms with E-state index in [0.717, 1.165) is 5.56 Å². The summed E-state index contributed by atoms with van der Waals surface area (Å²) in [5.74, 6) is 4.92. The predicted molar refractivity (Wildman–Crippen MR) is 47.3 cm³/mol. The van der Waals surface area contributed by atoms with Crippen LogP contribution in [0.5, 0.6) is 0 Å². The fourth-order valence-corrected chi connectivity index (χ4v) is 1.44. The van der Waals surface area contributed by atoms with Crippen molar-refractivity contribution in [2.24, 2.45) is 0 Å². The highest BCUT2D eigenvalue weighted by Crippen LogP contribution is 2.13. The molecule has 0 radical (unpaired) electrons. The van der Waals surface area contributed by atoms with Crippen molar-refractivity contribution in [3.8, 4) is 11.8 Å². The number of hydrogen-bond donors (Lipinski definition) is 0. The van der Waals surface area contributed by atoms with Crippen LogP contribution in [-0.4, -0.2) is 12.1 Å². The maximum absolute atomic E-state index is 10.8. The van der Waals surface area contributed by atoms with Crippen molar-refractivity contribution in [3.05, 3.63) is 21.9 Å². The Kier molecular flexibility index (Phi) is 2.78. The fourth-order valence-electron chi connectivity index (χ4n) is 0.699. The Balaban J connectivity index is 2.91. The van der Waals surface area contributed by atoms with Crippen LogP contribution in [0.1, 0.15) is 22.2 Å². The van der Waals surface area contributed by atoms with Crippen molar-refractivity contribution in [3.63, 3.8) is 0 Å². The highest BCUT2D eigenvalue weighted by molar-refractivity contribution is 7.12. The van der Waals surface area contributed by atoms with Gasteiger partial charge < -0.3 is 0 Å². The first-order valence-corrected chi connectivity index (χ1v) is 4.16. The maximum atomic E-state index is 10.8. The van der Waals surface area contributed by atoms with Crippen LogP contribution in [0.2, 0.25) is 0 Å². The minimum atomic E-state index is 0.0270. The number of carbonyl (C=O) groups is 2. The molecule has 0 unspecified atom stereocenters. The molecule has 1 rings (SSSR count). The summed E-state index contributed by atoms with van der Waals surface area (Å²) >= 11 is 1.34. The van der Waals surface area contributed by atoms with E-state index in [0.29, 0.717) is 11.2 Å². The molecule has 0 aromatic carbocycles. The number of thiophene rings is 1. The lowest BCUT2D eigenvalue weighted by molar-refractivity contribution is -0.103. The molecule has 0 saturated carbocycles. The molecule has 0 atom stereocenters. The summed E-state index contributed by atoms with van der Waals surface area (Å²) in [6.45, 7) is 1.50. The lowest BCUT2D eigenvalue weighted by Gasteiger charge is -1.80. The van der Waals surface area contributed by atoms with Crippen molar-refractivity contribution < 1.29 is 9.59 Å². The highest BCUT2D eigenvalue weighted by atomic mass is 32.1. The van der Waals surface area contributed by atoms with Crippen molar-refractivity contribution in [1.29, 1.82) is 0 Å². The van der Waals surface area contributed by atoms with Gasteiger partial charge in [0.2, 0.25) is 0 Å². The van der Waals surface area contributed by atoms with Gasteiger partial charge in [-0.05, 0) is 18.9 Å². The van der Waals surface area contributed by atoms with Crippen molar-refractivity contribution >= 4 is 23.4 Å². The Morgan fingerprint density at radius 2 is 2.42 bits per heavy atom. The van der Waals surface area contributed by atoms with Crippen LogP contribution in [0.25, 0.3) is 0 Å². The lowest BCUT2D eigenvalue weighted by Crippen LogP contribution is -1.84. The summed E-state index contributed by atoms with van der Waals surface area (Å²) in [5.41, 5.74) is 0.720. The SMILES string of the molecule is CC(=O)c1cc(C#CC=O)cs1. The van der Waals surface area contributed by atoms with Crippen LogP contribution >= 0.6 is 11.3 Å². The molecule has 0 aliphatic rings. The van der Waals surface area contributed by atoms with E-state index in [1.807, 2.05) is 0 Å². The standard InChI is InChI=1S/C9H6O2S/c1-7(11)9-5-8(6-12-9)3-2-4-10/h4-6H,1H3. The first-order chi connectivity index (χ1) is 5.74. The molecule has 0 fully saturated rings. The molecule has 1 aromatic heterocycles. The Morgan fingerprint density at radius 3 is 2.92 bits per heavy atom. The van der Waals surface area contributed by atoms with Gasteiger partial charge in [0.15, 0.2) is 12.1 Å². The molecule has 0 aliphatic heterocycles. The Bertz CT molecular complexity index is 365. The average molecular weight is 178 g/mol. The third-order valence-electron chi connectivity index (χ3n) is 1.22. The molecule has 1 heterocycles. The van der Waals surface area contributed by atoms with E-state index in [9.17, 15) is 9.59 Å². The molecule has 3 heteroatoms.